The van der Waals surface area contributed by atoms with Crippen LogP contribution in [-0.4, -0.2) is 49.0 Å². The van der Waals surface area contributed by atoms with E-state index in [0.717, 1.165) is 0 Å². The van der Waals surface area contributed by atoms with Crippen LogP contribution in [0.1, 0.15) is 20.3 Å². The molecule has 0 aliphatic rings. The fourth-order valence-corrected chi connectivity index (χ4v) is 2.43. The van der Waals surface area contributed by atoms with Crippen molar-refractivity contribution >= 4 is 16.0 Å². The van der Waals surface area contributed by atoms with Gasteiger partial charge in [-0.2, -0.15) is 5.10 Å². The Hall–Kier alpha value is -1.45. The van der Waals surface area contributed by atoms with Crippen molar-refractivity contribution in [2.45, 2.75) is 31.7 Å². The van der Waals surface area contributed by atoms with Gasteiger partial charge in [0.15, 0.2) is 0 Å². The Morgan fingerprint density at radius 3 is 2.86 bits per heavy atom. The van der Waals surface area contributed by atoms with E-state index in [-0.39, 0.29) is 24.4 Å². The number of aromatic nitrogens is 2. The number of carboxylic acids is 1. The molecule has 0 aromatic carbocycles. The molecule has 0 aliphatic carbocycles. The molecule has 21 heavy (non-hydrogen) atoms. The summed E-state index contributed by atoms with van der Waals surface area (Å²) < 4.78 is 32.9. The van der Waals surface area contributed by atoms with Crippen LogP contribution in [-0.2, 0) is 26.1 Å². The quantitative estimate of drug-likeness (QED) is 0.600. The maximum Gasteiger partial charge on any atom is 0.305 e. The number of rotatable bonds is 10. The third-order valence-electron chi connectivity index (χ3n) is 2.46. The standard InChI is InChI=1S/C12H21N3O5S/c1-10(2)9-20-6-4-14-21(18,19)11-7-13-15(8-11)5-3-12(16)17/h7-8,10,14H,3-6,9H2,1-2H3,(H,16,17). The molecular weight excluding hydrogens is 298 g/mol. The highest BCUT2D eigenvalue weighted by molar-refractivity contribution is 7.89. The Morgan fingerprint density at radius 1 is 1.52 bits per heavy atom. The van der Waals surface area contributed by atoms with Gasteiger partial charge in [0.1, 0.15) is 4.90 Å². The minimum absolute atomic E-state index is 0.0109. The summed E-state index contributed by atoms with van der Waals surface area (Å²) in [6.07, 6.45) is 2.39. The summed E-state index contributed by atoms with van der Waals surface area (Å²) in [6, 6.07) is 0. The largest absolute Gasteiger partial charge is 0.481 e. The number of carboxylic acid groups (broad SMARTS) is 1. The molecular formula is C12H21N3O5S. The van der Waals surface area contributed by atoms with Gasteiger partial charge < -0.3 is 9.84 Å². The summed E-state index contributed by atoms with van der Waals surface area (Å²) in [7, 11) is -3.64. The lowest BCUT2D eigenvalue weighted by Crippen LogP contribution is -2.27. The zero-order valence-electron chi connectivity index (χ0n) is 12.2. The van der Waals surface area contributed by atoms with Gasteiger partial charge in [-0.1, -0.05) is 13.8 Å². The van der Waals surface area contributed by atoms with Gasteiger partial charge in [-0.3, -0.25) is 9.48 Å². The van der Waals surface area contributed by atoms with Crippen LogP contribution in [0.4, 0.5) is 0 Å². The van der Waals surface area contributed by atoms with Crippen LogP contribution in [0.5, 0.6) is 0 Å². The SMILES string of the molecule is CC(C)COCCNS(=O)(=O)c1cnn(CCC(=O)O)c1. The Balaban J connectivity index is 2.45. The zero-order chi connectivity index (χ0) is 15.9. The molecule has 0 radical (unpaired) electrons. The predicted molar refractivity (Wildman–Crippen MR) is 75.3 cm³/mol. The summed E-state index contributed by atoms with van der Waals surface area (Å²) in [5, 5.41) is 12.4. The number of nitrogens with one attached hydrogen (secondary N) is 1. The van der Waals surface area contributed by atoms with E-state index in [0.29, 0.717) is 19.1 Å². The molecule has 0 atom stereocenters. The number of nitrogens with zero attached hydrogens (tertiary/aromatic N) is 2. The monoisotopic (exact) mass is 319 g/mol. The molecule has 0 aliphatic heterocycles. The van der Waals surface area contributed by atoms with E-state index in [1.165, 1.54) is 17.1 Å². The van der Waals surface area contributed by atoms with Gasteiger partial charge >= 0.3 is 5.97 Å². The topological polar surface area (TPSA) is 111 Å². The van der Waals surface area contributed by atoms with Crippen molar-refractivity contribution in [2.75, 3.05) is 19.8 Å². The first-order valence-electron chi connectivity index (χ1n) is 6.63. The van der Waals surface area contributed by atoms with Crippen molar-refractivity contribution in [2.24, 2.45) is 5.92 Å². The van der Waals surface area contributed by atoms with Crippen LogP contribution in [0.25, 0.3) is 0 Å². The summed E-state index contributed by atoms with van der Waals surface area (Å²) in [5.74, 6) is -0.565. The molecule has 1 rings (SSSR count). The summed E-state index contributed by atoms with van der Waals surface area (Å²) >= 11 is 0. The molecule has 0 amide bonds. The summed E-state index contributed by atoms with van der Waals surface area (Å²) in [5.41, 5.74) is 0. The highest BCUT2D eigenvalue weighted by atomic mass is 32.2. The fourth-order valence-electron chi connectivity index (χ4n) is 1.47. The van der Waals surface area contributed by atoms with Gasteiger partial charge in [0.25, 0.3) is 0 Å². The summed E-state index contributed by atoms with van der Waals surface area (Å²) in [4.78, 5) is 10.5. The van der Waals surface area contributed by atoms with Crippen LogP contribution in [0, 0.1) is 5.92 Å². The molecule has 1 heterocycles. The van der Waals surface area contributed by atoms with E-state index in [1.807, 2.05) is 13.8 Å². The third kappa shape index (κ3) is 6.69. The average Bonchev–Trinajstić information content (AvgIpc) is 2.85. The van der Waals surface area contributed by atoms with E-state index in [1.54, 1.807) is 0 Å². The smallest absolute Gasteiger partial charge is 0.305 e. The lowest BCUT2D eigenvalue weighted by Gasteiger charge is -2.07. The number of aliphatic carboxylic acids is 1. The molecule has 120 valence electrons. The maximum absolute atomic E-state index is 11.9. The van der Waals surface area contributed by atoms with Crippen molar-refractivity contribution in [3.05, 3.63) is 12.4 Å². The van der Waals surface area contributed by atoms with Gasteiger partial charge in [0.2, 0.25) is 10.0 Å². The number of carbonyl (C=O) groups is 1. The first-order valence-corrected chi connectivity index (χ1v) is 8.11. The molecule has 0 fully saturated rings. The molecule has 0 bridgehead atoms. The minimum atomic E-state index is -3.64. The minimum Gasteiger partial charge on any atom is -0.481 e. The van der Waals surface area contributed by atoms with E-state index >= 15 is 0 Å². The second-order valence-corrected chi connectivity index (χ2v) is 6.72. The molecule has 0 saturated heterocycles. The van der Waals surface area contributed by atoms with Crippen LogP contribution in [0.3, 0.4) is 0 Å². The maximum atomic E-state index is 11.9. The van der Waals surface area contributed by atoms with Crippen LogP contribution >= 0.6 is 0 Å². The van der Waals surface area contributed by atoms with Gasteiger partial charge in [-0.15, -0.1) is 0 Å². The van der Waals surface area contributed by atoms with E-state index < -0.39 is 16.0 Å². The molecule has 8 nitrogen and oxygen atoms in total. The highest BCUT2D eigenvalue weighted by Gasteiger charge is 2.16. The Kier molecular flexibility index (Phi) is 6.79. The molecule has 1 aromatic heterocycles. The van der Waals surface area contributed by atoms with Crippen LogP contribution in [0.2, 0.25) is 0 Å². The molecule has 0 spiro atoms. The Labute approximate surface area is 124 Å². The Morgan fingerprint density at radius 2 is 2.24 bits per heavy atom. The normalized spacial score (nSPS) is 12.0. The third-order valence-corrected chi connectivity index (χ3v) is 3.88. The van der Waals surface area contributed by atoms with Crippen molar-refractivity contribution in [1.29, 1.82) is 0 Å². The molecule has 0 saturated carbocycles. The van der Waals surface area contributed by atoms with E-state index in [9.17, 15) is 13.2 Å². The lowest BCUT2D eigenvalue weighted by atomic mass is 10.2. The second kappa shape index (κ2) is 8.11. The van der Waals surface area contributed by atoms with Gasteiger partial charge in [-0.05, 0) is 5.92 Å². The van der Waals surface area contributed by atoms with Gasteiger partial charge in [0.05, 0.1) is 25.8 Å². The lowest BCUT2D eigenvalue weighted by molar-refractivity contribution is -0.137. The summed E-state index contributed by atoms with van der Waals surface area (Å²) in [6.45, 7) is 5.20. The zero-order valence-corrected chi connectivity index (χ0v) is 13.0. The molecule has 0 unspecified atom stereocenters. The first-order chi connectivity index (χ1) is 9.81. The fraction of sp³-hybridized carbons (Fsp3) is 0.667. The van der Waals surface area contributed by atoms with Crippen molar-refractivity contribution in [1.82, 2.24) is 14.5 Å². The number of hydrogen-bond acceptors (Lipinski definition) is 5. The van der Waals surface area contributed by atoms with E-state index in [4.69, 9.17) is 9.84 Å². The predicted octanol–water partition coefficient (Wildman–Crippen LogP) is 0.309. The van der Waals surface area contributed by atoms with Crippen LogP contribution < -0.4 is 4.72 Å². The highest BCUT2D eigenvalue weighted by Crippen LogP contribution is 2.07. The second-order valence-electron chi connectivity index (χ2n) is 4.95. The average molecular weight is 319 g/mol. The van der Waals surface area contributed by atoms with Gasteiger partial charge in [0, 0.05) is 19.3 Å². The van der Waals surface area contributed by atoms with Gasteiger partial charge in [-0.25, -0.2) is 13.1 Å². The van der Waals surface area contributed by atoms with Crippen molar-refractivity contribution < 1.29 is 23.1 Å². The number of aryl methyl sites for hydroxylation is 1. The Bertz CT molecular complexity index is 553. The number of ether oxygens (including phenoxy) is 1. The molecule has 2 N–H and O–H groups in total. The number of hydrogen-bond donors (Lipinski definition) is 2. The van der Waals surface area contributed by atoms with E-state index in [2.05, 4.69) is 9.82 Å². The van der Waals surface area contributed by atoms with Crippen molar-refractivity contribution in [3.63, 3.8) is 0 Å². The van der Waals surface area contributed by atoms with Crippen molar-refractivity contribution in [3.8, 4) is 0 Å². The molecule has 1 aromatic rings. The van der Waals surface area contributed by atoms with Crippen LogP contribution in [0.15, 0.2) is 17.3 Å². The first kappa shape index (κ1) is 17.6. The molecule has 9 heteroatoms. The number of sulfonamides is 1.